The van der Waals surface area contributed by atoms with Gasteiger partial charge in [0.2, 0.25) is 0 Å². The fraction of sp³-hybridized carbons (Fsp3) is 0.684. The van der Waals surface area contributed by atoms with E-state index in [1.165, 1.54) is 81.0 Å². The number of nitrogens with one attached hydrogen (secondary N) is 2. The fourth-order valence-corrected chi connectivity index (χ4v) is 3.76. The molecule has 2 N–H and O–H groups in total. The lowest BCUT2D eigenvalue weighted by atomic mass is 9.96. The molecule has 3 rings (SSSR count). The highest BCUT2D eigenvalue weighted by molar-refractivity contribution is 5.54. The molecule has 1 aliphatic carbocycles. The molecule has 2 aliphatic rings. The third-order valence-corrected chi connectivity index (χ3v) is 5.06. The van der Waals surface area contributed by atoms with Gasteiger partial charge in [-0.15, -0.1) is 0 Å². The summed E-state index contributed by atoms with van der Waals surface area (Å²) < 4.78 is 0. The molecule has 1 aliphatic heterocycles. The van der Waals surface area contributed by atoms with Crippen LogP contribution in [0.1, 0.15) is 62.5 Å². The van der Waals surface area contributed by atoms with Crippen molar-refractivity contribution in [1.29, 1.82) is 0 Å². The monoisotopic (exact) mass is 286 g/mol. The molecule has 1 aromatic rings. The first-order valence-electron chi connectivity index (χ1n) is 9.01. The Morgan fingerprint density at radius 1 is 1.00 bits per heavy atom. The van der Waals surface area contributed by atoms with E-state index < -0.39 is 0 Å². The van der Waals surface area contributed by atoms with Gasteiger partial charge in [0, 0.05) is 18.3 Å². The molecule has 2 nitrogen and oxygen atoms in total. The fourth-order valence-electron chi connectivity index (χ4n) is 3.76. The van der Waals surface area contributed by atoms with Gasteiger partial charge in [-0.3, -0.25) is 0 Å². The Bertz CT molecular complexity index is 433. The van der Waals surface area contributed by atoms with E-state index >= 15 is 0 Å². The zero-order valence-electron chi connectivity index (χ0n) is 13.3. The van der Waals surface area contributed by atoms with Gasteiger partial charge >= 0.3 is 0 Å². The van der Waals surface area contributed by atoms with Crippen LogP contribution in [0.2, 0.25) is 0 Å². The predicted octanol–water partition coefficient (Wildman–Crippen LogP) is 4.29. The van der Waals surface area contributed by atoms with Gasteiger partial charge in [-0.2, -0.15) is 0 Å². The molecule has 1 saturated carbocycles. The molecule has 21 heavy (non-hydrogen) atoms. The van der Waals surface area contributed by atoms with Crippen molar-refractivity contribution in [3.8, 4) is 0 Å². The minimum atomic E-state index is 0.768. The van der Waals surface area contributed by atoms with Crippen molar-refractivity contribution < 1.29 is 0 Å². The van der Waals surface area contributed by atoms with E-state index in [0.717, 1.165) is 19.1 Å². The number of hydrogen-bond donors (Lipinski definition) is 2. The molecule has 0 amide bonds. The topological polar surface area (TPSA) is 24.1 Å². The lowest BCUT2D eigenvalue weighted by Crippen LogP contribution is -2.31. The maximum atomic E-state index is 3.80. The Hall–Kier alpha value is -1.02. The first kappa shape index (κ1) is 14.9. The summed E-state index contributed by atoms with van der Waals surface area (Å²) in [7, 11) is 0. The molecular formula is C19H30N2. The van der Waals surface area contributed by atoms with Crippen molar-refractivity contribution in [2.45, 2.75) is 70.3 Å². The Labute approximate surface area is 129 Å². The average molecular weight is 286 g/mol. The van der Waals surface area contributed by atoms with Crippen LogP contribution in [0.4, 0.5) is 5.69 Å². The average Bonchev–Trinajstić information content (AvgIpc) is 2.49. The van der Waals surface area contributed by atoms with E-state index in [9.17, 15) is 0 Å². The van der Waals surface area contributed by atoms with E-state index in [1.807, 2.05) is 0 Å². The van der Waals surface area contributed by atoms with Gasteiger partial charge in [-0.25, -0.2) is 0 Å². The van der Waals surface area contributed by atoms with Crippen molar-refractivity contribution in [2.24, 2.45) is 0 Å². The minimum absolute atomic E-state index is 0.768. The summed E-state index contributed by atoms with van der Waals surface area (Å²) in [6, 6.07) is 7.77. The van der Waals surface area contributed by atoms with Crippen molar-refractivity contribution >= 4 is 5.69 Å². The van der Waals surface area contributed by atoms with Crippen LogP contribution in [0, 0.1) is 0 Å². The molecule has 116 valence electrons. The molecule has 1 fully saturated rings. The molecule has 0 spiro atoms. The van der Waals surface area contributed by atoms with E-state index in [4.69, 9.17) is 0 Å². The third-order valence-electron chi connectivity index (χ3n) is 5.06. The molecule has 0 atom stereocenters. The van der Waals surface area contributed by atoms with Crippen LogP contribution < -0.4 is 10.6 Å². The second-order valence-electron chi connectivity index (χ2n) is 6.77. The van der Waals surface area contributed by atoms with Gasteiger partial charge < -0.3 is 10.6 Å². The van der Waals surface area contributed by atoms with Gasteiger partial charge in [-0.05, 0) is 55.8 Å². The van der Waals surface area contributed by atoms with Crippen LogP contribution in [0.5, 0.6) is 0 Å². The predicted molar refractivity (Wildman–Crippen MR) is 91.1 cm³/mol. The van der Waals surface area contributed by atoms with Crippen molar-refractivity contribution in [1.82, 2.24) is 5.32 Å². The number of hydrogen-bond acceptors (Lipinski definition) is 2. The SMILES string of the molecule is c1cc2c(cc1CCNC1CCCCCCC1)CCCN2. The second-order valence-corrected chi connectivity index (χ2v) is 6.77. The third kappa shape index (κ3) is 4.47. The van der Waals surface area contributed by atoms with Crippen LogP contribution in [0.15, 0.2) is 18.2 Å². The van der Waals surface area contributed by atoms with Crippen molar-refractivity contribution in [3.63, 3.8) is 0 Å². The summed E-state index contributed by atoms with van der Waals surface area (Å²) in [5.74, 6) is 0. The minimum Gasteiger partial charge on any atom is -0.385 e. The van der Waals surface area contributed by atoms with Crippen LogP contribution in [0.25, 0.3) is 0 Å². The number of fused-ring (bicyclic) bond motifs is 1. The number of anilines is 1. The molecule has 2 heteroatoms. The first-order valence-corrected chi connectivity index (χ1v) is 9.01. The molecule has 1 heterocycles. The Morgan fingerprint density at radius 3 is 2.67 bits per heavy atom. The Kier molecular flexibility index (Phi) is 5.56. The lowest BCUT2D eigenvalue weighted by molar-refractivity contribution is 0.392. The summed E-state index contributed by atoms with van der Waals surface area (Å²) in [4.78, 5) is 0. The van der Waals surface area contributed by atoms with Gasteiger partial charge in [0.1, 0.15) is 0 Å². The van der Waals surface area contributed by atoms with E-state index in [0.29, 0.717) is 0 Å². The molecule has 0 radical (unpaired) electrons. The number of aryl methyl sites for hydroxylation is 1. The van der Waals surface area contributed by atoms with Crippen LogP contribution in [0.3, 0.4) is 0 Å². The summed E-state index contributed by atoms with van der Waals surface area (Å²) >= 11 is 0. The lowest BCUT2D eigenvalue weighted by Gasteiger charge is -2.22. The zero-order chi connectivity index (χ0) is 14.3. The van der Waals surface area contributed by atoms with Gasteiger partial charge in [0.15, 0.2) is 0 Å². The van der Waals surface area contributed by atoms with Crippen LogP contribution >= 0.6 is 0 Å². The summed E-state index contributed by atoms with van der Waals surface area (Å²) in [5.41, 5.74) is 4.37. The highest BCUT2D eigenvalue weighted by Crippen LogP contribution is 2.23. The highest BCUT2D eigenvalue weighted by Gasteiger charge is 2.11. The van der Waals surface area contributed by atoms with E-state index in [2.05, 4.69) is 28.8 Å². The van der Waals surface area contributed by atoms with Crippen LogP contribution in [-0.2, 0) is 12.8 Å². The maximum Gasteiger partial charge on any atom is 0.0372 e. The van der Waals surface area contributed by atoms with Crippen LogP contribution in [-0.4, -0.2) is 19.1 Å². The largest absolute Gasteiger partial charge is 0.385 e. The smallest absolute Gasteiger partial charge is 0.0372 e. The molecule has 0 bridgehead atoms. The molecule has 0 saturated heterocycles. The Balaban J connectivity index is 1.46. The summed E-state index contributed by atoms with van der Waals surface area (Å²) in [6.45, 7) is 2.27. The maximum absolute atomic E-state index is 3.80. The normalized spacial score (nSPS) is 20.2. The van der Waals surface area contributed by atoms with Gasteiger partial charge in [-0.1, -0.05) is 44.2 Å². The highest BCUT2D eigenvalue weighted by atomic mass is 14.9. The number of benzene rings is 1. The summed E-state index contributed by atoms with van der Waals surface area (Å²) in [5, 5.41) is 7.30. The summed E-state index contributed by atoms with van der Waals surface area (Å²) in [6.07, 6.45) is 13.6. The molecule has 0 aromatic heterocycles. The molecule has 1 aromatic carbocycles. The van der Waals surface area contributed by atoms with Gasteiger partial charge in [0.05, 0.1) is 0 Å². The van der Waals surface area contributed by atoms with E-state index in [-0.39, 0.29) is 0 Å². The molecular weight excluding hydrogens is 256 g/mol. The first-order chi connectivity index (χ1) is 10.4. The van der Waals surface area contributed by atoms with Gasteiger partial charge in [0.25, 0.3) is 0 Å². The zero-order valence-corrected chi connectivity index (χ0v) is 13.3. The Morgan fingerprint density at radius 2 is 1.81 bits per heavy atom. The second kappa shape index (κ2) is 7.84. The standard InChI is InChI=1S/C19H30N2/c1-2-4-8-18(9-5-3-1)20-14-12-16-10-11-19-17(15-16)7-6-13-21-19/h10-11,15,18,20-21H,1-9,12-14H2. The quantitative estimate of drug-likeness (QED) is 0.863. The number of rotatable bonds is 4. The van der Waals surface area contributed by atoms with Crippen molar-refractivity contribution in [3.05, 3.63) is 29.3 Å². The van der Waals surface area contributed by atoms with E-state index in [1.54, 1.807) is 0 Å². The molecule has 0 unspecified atom stereocenters. The van der Waals surface area contributed by atoms with Crippen molar-refractivity contribution in [2.75, 3.05) is 18.4 Å².